The highest BCUT2D eigenvalue weighted by atomic mass is 32.2. The number of anilines is 1. The van der Waals surface area contributed by atoms with Gasteiger partial charge in [-0.05, 0) is 37.3 Å². The number of hydrogen-bond acceptors (Lipinski definition) is 5. The summed E-state index contributed by atoms with van der Waals surface area (Å²) < 4.78 is 32.6. The van der Waals surface area contributed by atoms with Gasteiger partial charge in [0.05, 0.1) is 5.69 Å². The maximum atomic E-state index is 12.2. The monoisotopic (exact) mass is 308 g/mol. The second-order valence-electron chi connectivity index (χ2n) is 4.39. The highest BCUT2D eigenvalue weighted by Crippen LogP contribution is 2.25. The van der Waals surface area contributed by atoms with Crippen molar-refractivity contribution >= 4 is 38.1 Å². The summed E-state index contributed by atoms with van der Waals surface area (Å²) in [4.78, 5) is 5.13. The summed E-state index contributed by atoms with van der Waals surface area (Å²) in [6, 6.07) is 8.40. The first-order valence-electron chi connectivity index (χ1n) is 5.90. The molecule has 0 fully saturated rings. The van der Waals surface area contributed by atoms with Crippen LogP contribution in [0.2, 0.25) is 0 Å². The van der Waals surface area contributed by atoms with Crippen LogP contribution in [0.5, 0.6) is 0 Å². The molecule has 104 valence electrons. The van der Waals surface area contributed by atoms with E-state index < -0.39 is 10.0 Å². The number of aromatic nitrogens is 1. The number of sulfonamides is 1. The van der Waals surface area contributed by atoms with Gasteiger partial charge in [0.2, 0.25) is 0 Å². The predicted molar refractivity (Wildman–Crippen MR) is 78.6 cm³/mol. The van der Waals surface area contributed by atoms with Crippen molar-refractivity contribution < 1.29 is 12.8 Å². The van der Waals surface area contributed by atoms with Gasteiger partial charge < -0.3 is 4.42 Å². The van der Waals surface area contributed by atoms with Gasteiger partial charge >= 0.3 is 0 Å². The van der Waals surface area contributed by atoms with Crippen molar-refractivity contribution in [3.8, 4) is 0 Å². The zero-order chi connectivity index (χ0) is 14.3. The van der Waals surface area contributed by atoms with Gasteiger partial charge in [0, 0.05) is 11.8 Å². The van der Waals surface area contributed by atoms with E-state index in [-0.39, 0.29) is 0 Å². The second-order valence-corrected chi connectivity index (χ2v) is 7.58. The second kappa shape index (κ2) is 4.60. The Morgan fingerprint density at radius 1 is 1.20 bits per heavy atom. The maximum absolute atomic E-state index is 12.2. The van der Waals surface area contributed by atoms with Crippen LogP contribution in [0, 0.1) is 13.8 Å². The Morgan fingerprint density at radius 2 is 2.00 bits per heavy atom. The molecule has 20 heavy (non-hydrogen) atoms. The van der Waals surface area contributed by atoms with E-state index in [9.17, 15) is 8.42 Å². The van der Waals surface area contributed by atoms with Crippen LogP contribution in [0.15, 0.2) is 39.0 Å². The number of fused-ring (bicyclic) bond motifs is 1. The lowest BCUT2D eigenvalue weighted by Crippen LogP contribution is -2.11. The van der Waals surface area contributed by atoms with Crippen LogP contribution in [0.4, 0.5) is 5.69 Å². The number of hydrogen-bond donors (Lipinski definition) is 1. The molecule has 0 amide bonds. The van der Waals surface area contributed by atoms with E-state index in [0.29, 0.717) is 26.9 Å². The Labute approximate surface area is 120 Å². The number of rotatable bonds is 3. The van der Waals surface area contributed by atoms with Crippen LogP contribution in [-0.2, 0) is 10.0 Å². The molecule has 0 saturated heterocycles. The van der Waals surface area contributed by atoms with Gasteiger partial charge in [-0.15, -0.1) is 11.3 Å². The van der Waals surface area contributed by atoms with Crippen molar-refractivity contribution in [2.24, 2.45) is 0 Å². The smallest absolute Gasteiger partial charge is 0.271 e. The van der Waals surface area contributed by atoms with E-state index in [0.717, 1.165) is 4.88 Å². The minimum Gasteiger partial charge on any atom is -0.441 e. The quantitative estimate of drug-likeness (QED) is 0.805. The molecule has 0 bridgehead atoms. The van der Waals surface area contributed by atoms with E-state index >= 15 is 0 Å². The van der Waals surface area contributed by atoms with E-state index in [2.05, 4.69) is 9.71 Å². The number of nitrogens with zero attached hydrogens (tertiary/aromatic N) is 1. The van der Waals surface area contributed by atoms with Crippen molar-refractivity contribution in [2.75, 3.05) is 4.72 Å². The first kappa shape index (κ1) is 13.1. The molecule has 2 aromatic heterocycles. The lowest BCUT2D eigenvalue weighted by molar-refractivity contribution is 0.561. The van der Waals surface area contributed by atoms with E-state index in [1.54, 1.807) is 37.3 Å². The summed E-state index contributed by atoms with van der Waals surface area (Å²) in [5.41, 5.74) is 1.74. The Hall–Kier alpha value is -1.86. The third-order valence-electron chi connectivity index (χ3n) is 2.73. The minimum atomic E-state index is -3.54. The molecule has 0 aliphatic carbocycles. The Balaban J connectivity index is 1.96. The van der Waals surface area contributed by atoms with Crippen LogP contribution in [0.3, 0.4) is 0 Å². The van der Waals surface area contributed by atoms with Gasteiger partial charge in [-0.1, -0.05) is 0 Å². The third-order valence-corrected chi connectivity index (χ3v) is 5.60. The van der Waals surface area contributed by atoms with Crippen LogP contribution >= 0.6 is 11.3 Å². The summed E-state index contributed by atoms with van der Waals surface area (Å²) in [5.74, 6) is 0.550. The normalized spacial score (nSPS) is 11.9. The third kappa shape index (κ3) is 2.41. The lowest BCUT2D eigenvalue weighted by Gasteiger charge is -2.05. The fourth-order valence-corrected chi connectivity index (χ4v) is 4.20. The molecule has 5 nitrogen and oxygen atoms in total. The molecule has 0 spiro atoms. The van der Waals surface area contributed by atoms with Gasteiger partial charge in [0.1, 0.15) is 9.73 Å². The van der Waals surface area contributed by atoms with Gasteiger partial charge in [0.25, 0.3) is 10.0 Å². The van der Waals surface area contributed by atoms with Crippen LogP contribution in [-0.4, -0.2) is 13.4 Å². The molecule has 0 radical (unpaired) electrons. The van der Waals surface area contributed by atoms with Gasteiger partial charge in [-0.2, -0.15) is 0 Å². The predicted octanol–water partition coefficient (Wildman–Crippen LogP) is 3.31. The van der Waals surface area contributed by atoms with Crippen molar-refractivity contribution in [1.82, 2.24) is 4.98 Å². The largest absolute Gasteiger partial charge is 0.441 e. The van der Waals surface area contributed by atoms with Crippen molar-refractivity contribution in [1.29, 1.82) is 0 Å². The zero-order valence-electron chi connectivity index (χ0n) is 10.9. The molecule has 1 N–H and O–H groups in total. The topological polar surface area (TPSA) is 72.2 Å². The standard InChI is InChI=1S/C13H12N2O3S2/c1-8-3-6-13(19-8)20(16,17)15-10-4-5-12-11(7-10)14-9(2)18-12/h3-7,15H,1-2H3. The van der Waals surface area contributed by atoms with E-state index in [4.69, 9.17) is 4.42 Å². The van der Waals surface area contributed by atoms with Gasteiger partial charge in [0.15, 0.2) is 11.5 Å². The highest BCUT2D eigenvalue weighted by molar-refractivity contribution is 7.94. The molecule has 3 aromatic rings. The van der Waals surface area contributed by atoms with Crippen LogP contribution < -0.4 is 4.72 Å². The Kier molecular flexibility index (Phi) is 3.02. The van der Waals surface area contributed by atoms with Crippen LogP contribution in [0.1, 0.15) is 10.8 Å². The number of thiophene rings is 1. The molecular formula is C13H12N2O3S2. The Bertz CT molecular complexity index is 878. The lowest BCUT2D eigenvalue weighted by atomic mass is 10.3. The minimum absolute atomic E-state index is 0.298. The number of oxazole rings is 1. The molecule has 1 aromatic carbocycles. The number of aryl methyl sites for hydroxylation is 2. The van der Waals surface area contributed by atoms with Gasteiger partial charge in [-0.3, -0.25) is 4.72 Å². The summed E-state index contributed by atoms with van der Waals surface area (Å²) in [6.45, 7) is 3.62. The van der Waals surface area contributed by atoms with Gasteiger partial charge in [-0.25, -0.2) is 13.4 Å². The summed E-state index contributed by atoms with van der Waals surface area (Å²) in [6.07, 6.45) is 0. The molecule has 0 unspecified atom stereocenters. The molecule has 7 heteroatoms. The molecule has 0 aliphatic rings. The first-order chi connectivity index (χ1) is 9.44. The molecule has 3 rings (SSSR count). The summed E-state index contributed by atoms with van der Waals surface area (Å²) >= 11 is 1.24. The molecular weight excluding hydrogens is 296 g/mol. The Morgan fingerprint density at radius 3 is 2.70 bits per heavy atom. The molecule has 0 saturated carbocycles. The number of nitrogens with one attached hydrogen (secondary N) is 1. The summed E-state index contributed by atoms with van der Waals surface area (Å²) in [5, 5.41) is 0. The van der Waals surface area contributed by atoms with E-state index in [1.165, 1.54) is 11.3 Å². The van der Waals surface area contributed by atoms with E-state index in [1.807, 2.05) is 6.92 Å². The molecule has 0 atom stereocenters. The molecule has 0 aliphatic heterocycles. The first-order valence-corrected chi connectivity index (χ1v) is 8.20. The fourth-order valence-electron chi connectivity index (χ4n) is 1.87. The van der Waals surface area contributed by atoms with Crippen LogP contribution in [0.25, 0.3) is 11.1 Å². The average molecular weight is 308 g/mol. The fraction of sp³-hybridized carbons (Fsp3) is 0.154. The average Bonchev–Trinajstić information content (AvgIpc) is 2.93. The summed E-state index contributed by atoms with van der Waals surface area (Å²) in [7, 11) is -3.54. The maximum Gasteiger partial charge on any atom is 0.271 e. The highest BCUT2D eigenvalue weighted by Gasteiger charge is 2.16. The zero-order valence-corrected chi connectivity index (χ0v) is 12.5. The van der Waals surface area contributed by atoms with Crippen molar-refractivity contribution in [3.63, 3.8) is 0 Å². The van der Waals surface area contributed by atoms with Crippen molar-refractivity contribution in [2.45, 2.75) is 18.1 Å². The number of benzene rings is 1. The van der Waals surface area contributed by atoms with Crippen molar-refractivity contribution in [3.05, 3.63) is 41.1 Å². The SMILES string of the molecule is Cc1nc2cc(NS(=O)(=O)c3ccc(C)s3)ccc2o1. The molecule has 2 heterocycles.